The van der Waals surface area contributed by atoms with Crippen molar-refractivity contribution in [2.75, 3.05) is 26.4 Å². The topological polar surface area (TPSA) is 138 Å². The summed E-state index contributed by atoms with van der Waals surface area (Å²) in [5.74, 6) is 4.94. The molecule has 1 saturated heterocycles. The fourth-order valence-electron chi connectivity index (χ4n) is 11.4. The second-order valence-electron chi connectivity index (χ2n) is 18.7. The number of carbonyl (C=O) groups excluding carboxylic acids is 1. The number of aliphatic hydroxyl groups is 4. The second kappa shape index (κ2) is 17.5. The summed E-state index contributed by atoms with van der Waals surface area (Å²) in [6.07, 6.45) is 14.1. The van der Waals surface area contributed by atoms with E-state index in [1.807, 2.05) is 0 Å². The molecule has 13 atom stereocenters. The highest BCUT2D eigenvalue weighted by Crippen LogP contribution is 2.67. The molecular formula is C42H73NO8. The lowest BCUT2D eigenvalue weighted by Crippen LogP contribution is -2.51. The number of allylic oxidation sites excluding steroid dienone is 1. The van der Waals surface area contributed by atoms with Gasteiger partial charge in [0.15, 0.2) is 6.29 Å². The summed E-state index contributed by atoms with van der Waals surface area (Å²) >= 11 is 0. The van der Waals surface area contributed by atoms with Gasteiger partial charge in [-0.05, 0) is 104 Å². The Morgan fingerprint density at radius 2 is 1.71 bits per heavy atom. The minimum atomic E-state index is -1.47. The molecule has 1 amide bonds. The van der Waals surface area contributed by atoms with Crippen LogP contribution in [0.2, 0.25) is 0 Å². The number of fused-ring (bicyclic) bond motifs is 5. The Morgan fingerprint density at radius 1 is 0.941 bits per heavy atom. The lowest BCUT2D eigenvalue weighted by Gasteiger charge is -2.58. The quantitative estimate of drug-likeness (QED) is 0.0890. The van der Waals surface area contributed by atoms with Crippen molar-refractivity contribution in [3.05, 3.63) is 11.6 Å². The molecule has 0 aromatic heterocycles. The van der Waals surface area contributed by atoms with Gasteiger partial charge < -0.3 is 40.0 Å². The maximum atomic E-state index is 12.7. The smallest absolute Gasteiger partial charge is 0.407 e. The highest BCUT2D eigenvalue weighted by atomic mass is 16.7. The molecular weight excluding hydrogens is 646 g/mol. The highest BCUT2D eigenvalue weighted by molar-refractivity contribution is 5.67. The van der Waals surface area contributed by atoms with E-state index in [9.17, 15) is 25.2 Å². The molecule has 9 nitrogen and oxygen atoms in total. The molecule has 5 rings (SSSR count). The molecule has 0 aromatic rings. The van der Waals surface area contributed by atoms with Crippen molar-refractivity contribution in [3.63, 3.8) is 0 Å². The molecule has 0 aromatic carbocycles. The largest absolute Gasteiger partial charge is 0.446 e. The molecule has 4 aliphatic carbocycles. The van der Waals surface area contributed by atoms with E-state index in [1.54, 1.807) is 12.5 Å². The van der Waals surface area contributed by atoms with Gasteiger partial charge in [-0.1, -0.05) is 85.3 Å². The molecule has 294 valence electrons. The molecule has 3 saturated carbocycles. The predicted octanol–water partition coefficient (Wildman–Crippen LogP) is 7.14. The van der Waals surface area contributed by atoms with Crippen molar-refractivity contribution in [1.82, 2.24) is 5.32 Å². The third-order valence-corrected chi connectivity index (χ3v) is 14.8. The number of rotatable bonds is 15. The Kier molecular flexibility index (Phi) is 14.0. The van der Waals surface area contributed by atoms with Gasteiger partial charge in [0.2, 0.25) is 0 Å². The van der Waals surface area contributed by atoms with Crippen LogP contribution in [0.3, 0.4) is 0 Å². The zero-order valence-electron chi connectivity index (χ0n) is 32.8. The first-order valence-electron chi connectivity index (χ1n) is 20.8. The Labute approximate surface area is 308 Å². The summed E-state index contributed by atoms with van der Waals surface area (Å²) in [6, 6.07) is 0. The minimum Gasteiger partial charge on any atom is -0.446 e. The number of hydrogen-bond donors (Lipinski definition) is 5. The Morgan fingerprint density at radius 3 is 2.45 bits per heavy atom. The Hall–Kier alpha value is -1.23. The van der Waals surface area contributed by atoms with Gasteiger partial charge in [-0.15, -0.1) is 0 Å². The van der Waals surface area contributed by atoms with Gasteiger partial charge in [0.1, 0.15) is 18.3 Å². The molecule has 5 aliphatic rings. The van der Waals surface area contributed by atoms with Crippen molar-refractivity contribution >= 4 is 6.09 Å². The van der Waals surface area contributed by atoms with E-state index < -0.39 is 30.0 Å². The molecule has 1 heterocycles. The summed E-state index contributed by atoms with van der Waals surface area (Å²) in [6.45, 7) is 14.5. The summed E-state index contributed by atoms with van der Waals surface area (Å²) in [4.78, 5) is 12.7. The van der Waals surface area contributed by atoms with Crippen LogP contribution in [0.4, 0.5) is 4.79 Å². The number of ether oxygens (including phenoxy) is 3. The third kappa shape index (κ3) is 9.02. The number of nitrogens with one attached hydrogen (secondary N) is 1. The van der Waals surface area contributed by atoms with Crippen LogP contribution in [0.25, 0.3) is 0 Å². The Bertz CT molecular complexity index is 1160. The maximum absolute atomic E-state index is 12.7. The molecule has 0 radical (unpaired) electrons. The zero-order valence-corrected chi connectivity index (χ0v) is 32.8. The van der Waals surface area contributed by atoms with Crippen LogP contribution in [0.1, 0.15) is 138 Å². The van der Waals surface area contributed by atoms with Gasteiger partial charge in [-0.25, -0.2) is 4.79 Å². The van der Waals surface area contributed by atoms with Crippen LogP contribution >= 0.6 is 0 Å². The van der Waals surface area contributed by atoms with Crippen molar-refractivity contribution < 1.29 is 39.4 Å². The number of aliphatic hydroxyl groups excluding tert-OH is 4. The highest BCUT2D eigenvalue weighted by Gasteiger charge is 2.59. The van der Waals surface area contributed by atoms with Crippen LogP contribution in [-0.2, 0) is 14.2 Å². The maximum Gasteiger partial charge on any atom is 0.407 e. The predicted molar refractivity (Wildman–Crippen MR) is 199 cm³/mol. The molecule has 51 heavy (non-hydrogen) atoms. The summed E-state index contributed by atoms with van der Waals surface area (Å²) in [5, 5.41) is 43.5. The molecule has 4 fully saturated rings. The van der Waals surface area contributed by atoms with E-state index in [2.05, 4.69) is 46.0 Å². The average Bonchev–Trinajstić information content (AvgIpc) is 3.43. The first-order chi connectivity index (χ1) is 24.2. The second-order valence-corrected chi connectivity index (χ2v) is 18.7. The van der Waals surface area contributed by atoms with Crippen LogP contribution in [-0.4, -0.2) is 83.6 Å². The third-order valence-electron chi connectivity index (χ3n) is 14.8. The zero-order chi connectivity index (χ0) is 37.0. The van der Waals surface area contributed by atoms with Gasteiger partial charge in [0.25, 0.3) is 0 Å². The molecule has 1 aliphatic heterocycles. The number of hydrogen-bond acceptors (Lipinski definition) is 8. The van der Waals surface area contributed by atoms with E-state index in [0.717, 1.165) is 80.5 Å². The van der Waals surface area contributed by atoms with Crippen LogP contribution in [0, 0.1) is 51.8 Å². The van der Waals surface area contributed by atoms with Crippen LogP contribution in [0.5, 0.6) is 0 Å². The molecule has 0 bridgehead atoms. The SMILES string of the molecule is CC(C)CCCC(C)C1CCC2C3CC=C4CC(OC(=O)NCCCCCCOC5OCC(C)(CO)[C@H](O)C(O)C5O)CC[C@]4(C)C3CC[C@]12C. The standard InChI is InChI=1S/C42H73NO8/c1-27(2)12-11-13-28(3)32-16-17-33-31-15-14-29-24-30(18-20-41(29,5)34(31)19-21-42(32,33)6)51-39(48)43-22-9-7-8-10-23-49-38-36(46)35(45)37(47)40(4,25-44)26-50-38/h14,27-28,30-38,44-47H,7-13,15-26H2,1-6H3,(H,43,48)/t28?,30?,31?,32?,33?,34?,35?,36?,37-,38?,40?,41+,42-/m1/s1. The van der Waals surface area contributed by atoms with Crippen molar-refractivity contribution in [3.8, 4) is 0 Å². The molecule has 5 N–H and O–H groups in total. The van der Waals surface area contributed by atoms with Crippen molar-refractivity contribution in [2.45, 2.75) is 169 Å². The Balaban J connectivity index is 0.992. The van der Waals surface area contributed by atoms with Gasteiger partial charge in [-0.3, -0.25) is 0 Å². The van der Waals surface area contributed by atoms with Gasteiger partial charge >= 0.3 is 6.09 Å². The number of unbranched alkanes of at least 4 members (excludes halogenated alkanes) is 3. The minimum absolute atomic E-state index is 0.0390. The van der Waals surface area contributed by atoms with E-state index in [4.69, 9.17) is 14.2 Å². The van der Waals surface area contributed by atoms with Crippen molar-refractivity contribution in [2.24, 2.45) is 51.8 Å². The number of alkyl carbamates (subject to hydrolysis) is 1. The first kappa shape index (κ1) is 40.9. The van der Waals surface area contributed by atoms with Crippen molar-refractivity contribution in [1.29, 1.82) is 0 Å². The van der Waals surface area contributed by atoms with Crippen LogP contribution in [0.15, 0.2) is 11.6 Å². The number of carbonyl (C=O) groups is 1. The van der Waals surface area contributed by atoms with Crippen LogP contribution < -0.4 is 5.32 Å². The summed E-state index contributed by atoms with van der Waals surface area (Å²) < 4.78 is 17.2. The van der Waals surface area contributed by atoms with Gasteiger partial charge in [0, 0.05) is 25.0 Å². The van der Waals surface area contributed by atoms with E-state index in [-0.39, 0.29) is 30.8 Å². The van der Waals surface area contributed by atoms with E-state index in [1.165, 1.54) is 51.4 Å². The number of amides is 1. The fourth-order valence-corrected chi connectivity index (χ4v) is 11.4. The van der Waals surface area contributed by atoms with E-state index >= 15 is 0 Å². The first-order valence-corrected chi connectivity index (χ1v) is 20.8. The average molecular weight is 720 g/mol. The molecule has 9 heteroatoms. The lowest BCUT2D eigenvalue weighted by atomic mass is 9.47. The molecule has 10 unspecified atom stereocenters. The monoisotopic (exact) mass is 720 g/mol. The summed E-state index contributed by atoms with van der Waals surface area (Å²) in [7, 11) is 0. The molecule has 0 spiro atoms. The van der Waals surface area contributed by atoms with Gasteiger partial charge in [-0.2, -0.15) is 0 Å². The fraction of sp³-hybridized carbons (Fsp3) is 0.929. The normalized spacial score (nSPS) is 41.5. The van der Waals surface area contributed by atoms with E-state index in [0.29, 0.717) is 18.6 Å². The van der Waals surface area contributed by atoms with Gasteiger partial charge in [0.05, 0.1) is 19.3 Å². The summed E-state index contributed by atoms with van der Waals surface area (Å²) in [5.41, 5.74) is 1.21. The lowest BCUT2D eigenvalue weighted by molar-refractivity contribution is -0.210.